The summed E-state index contributed by atoms with van der Waals surface area (Å²) in [5, 5.41) is 6.68. The summed E-state index contributed by atoms with van der Waals surface area (Å²) in [6.45, 7) is 0.571. The van der Waals surface area contributed by atoms with Crippen LogP contribution in [0.25, 0.3) is 0 Å². The van der Waals surface area contributed by atoms with Crippen molar-refractivity contribution >= 4 is 23.1 Å². The lowest BCUT2D eigenvalue weighted by atomic mass is 10.3. The number of hydrogen-bond acceptors (Lipinski definition) is 3. The summed E-state index contributed by atoms with van der Waals surface area (Å²) in [6, 6.07) is 1.67. The minimum Gasteiger partial charge on any atom is -0.393 e. The second-order valence-corrected chi connectivity index (χ2v) is 3.69. The van der Waals surface area contributed by atoms with E-state index in [1.165, 1.54) is 4.68 Å². The maximum atomic E-state index is 11.5. The molecule has 5 nitrogen and oxygen atoms in total. The van der Waals surface area contributed by atoms with E-state index in [0.29, 0.717) is 23.6 Å². The second-order valence-electron chi connectivity index (χ2n) is 3.17. The van der Waals surface area contributed by atoms with E-state index >= 15 is 0 Å². The van der Waals surface area contributed by atoms with Gasteiger partial charge in [0.15, 0.2) is 0 Å². The molecule has 1 amide bonds. The van der Waals surface area contributed by atoms with Crippen molar-refractivity contribution in [1.82, 2.24) is 15.1 Å². The van der Waals surface area contributed by atoms with Crippen LogP contribution in [0, 0.1) is 0 Å². The highest BCUT2D eigenvalue weighted by molar-refractivity contribution is 7.80. The Morgan fingerprint density at radius 2 is 2.47 bits per heavy atom. The minimum atomic E-state index is -0.127. The zero-order chi connectivity index (χ0) is 11.3. The van der Waals surface area contributed by atoms with Crippen molar-refractivity contribution < 1.29 is 4.79 Å². The summed E-state index contributed by atoms with van der Waals surface area (Å²) in [6.07, 6.45) is 3.00. The zero-order valence-corrected chi connectivity index (χ0v) is 9.38. The number of nitrogens with zero attached hydrogens (tertiary/aromatic N) is 2. The molecule has 0 aliphatic heterocycles. The lowest BCUT2D eigenvalue weighted by Crippen LogP contribution is -2.27. The van der Waals surface area contributed by atoms with Gasteiger partial charge in [-0.15, -0.1) is 0 Å². The van der Waals surface area contributed by atoms with E-state index < -0.39 is 0 Å². The summed E-state index contributed by atoms with van der Waals surface area (Å²) in [5.41, 5.74) is 5.88. The van der Waals surface area contributed by atoms with E-state index in [1.54, 1.807) is 19.3 Å². The molecule has 1 heterocycles. The van der Waals surface area contributed by atoms with Crippen molar-refractivity contribution in [3.05, 3.63) is 18.0 Å². The molecular formula is C9H14N4OS. The fourth-order valence-corrected chi connectivity index (χ4v) is 1.30. The van der Waals surface area contributed by atoms with Gasteiger partial charge in [0.25, 0.3) is 5.91 Å². The highest BCUT2D eigenvalue weighted by Crippen LogP contribution is 1.96. The van der Waals surface area contributed by atoms with Gasteiger partial charge >= 0.3 is 0 Å². The Hall–Kier alpha value is -1.43. The van der Waals surface area contributed by atoms with Crippen LogP contribution in [0.1, 0.15) is 23.3 Å². The van der Waals surface area contributed by atoms with E-state index in [2.05, 4.69) is 10.4 Å². The molecule has 6 heteroatoms. The Morgan fingerprint density at radius 3 is 3.00 bits per heavy atom. The molecule has 0 spiro atoms. The first-order valence-electron chi connectivity index (χ1n) is 4.66. The van der Waals surface area contributed by atoms with Gasteiger partial charge in [0.05, 0.1) is 4.99 Å². The zero-order valence-electron chi connectivity index (χ0n) is 8.56. The normalized spacial score (nSPS) is 9.93. The highest BCUT2D eigenvalue weighted by Gasteiger charge is 2.08. The predicted octanol–water partition coefficient (Wildman–Crippen LogP) is 0.216. The molecule has 82 valence electrons. The molecule has 0 aliphatic carbocycles. The molecule has 0 aromatic carbocycles. The van der Waals surface area contributed by atoms with Crippen LogP contribution >= 0.6 is 12.2 Å². The summed E-state index contributed by atoms with van der Waals surface area (Å²) in [7, 11) is 1.73. The lowest BCUT2D eigenvalue weighted by Gasteiger charge is -2.04. The fourth-order valence-electron chi connectivity index (χ4n) is 1.15. The minimum absolute atomic E-state index is 0.127. The Kier molecular flexibility index (Phi) is 4.23. The van der Waals surface area contributed by atoms with Gasteiger partial charge in [-0.25, -0.2) is 0 Å². The van der Waals surface area contributed by atoms with Gasteiger partial charge in [-0.05, 0) is 18.9 Å². The van der Waals surface area contributed by atoms with Crippen LogP contribution in [0.15, 0.2) is 12.3 Å². The molecular weight excluding hydrogens is 212 g/mol. The van der Waals surface area contributed by atoms with Crippen molar-refractivity contribution in [3.8, 4) is 0 Å². The summed E-state index contributed by atoms with van der Waals surface area (Å²) in [5.74, 6) is -0.127. The molecule has 0 radical (unpaired) electrons. The molecule has 1 aromatic heterocycles. The van der Waals surface area contributed by atoms with E-state index in [9.17, 15) is 4.79 Å². The van der Waals surface area contributed by atoms with Crippen LogP contribution in [0.2, 0.25) is 0 Å². The third-order valence-corrected chi connectivity index (χ3v) is 2.14. The molecule has 0 fully saturated rings. The SMILES string of the molecule is Cn1nccc1C(=O)NCCCC(N)=S. The lowest BCUT2D eigenvalue weighted by molar-refractivity contribution is 0.0944. The molecule has 3 N–H and O–H groups in total. The number of carbonyl (C=O) groups excluding carboxylic acids is 1. The molecule has 1 rings (SSSR count). The Labute approximate surface area is 93.6 Å². The topological polar surface area (TPSA) is 72.9 Å². The van der Waals surface area contributed by atoms with Crippen molar-refractivity contribution in [3.63, 3.8) is 0 Å². The predicted molar refractivity (Wildman–Crippen MR) is 61.6 cm³/mol. The molecule has 0 atom stereocenters. The number of amides is 1. The molecule has 1 aromatic rings. The number of rotatable bonds is 5. The number of aromatic nitrogens is 2. The largest absolute Gasteiger partial charge is 0.393 e. The van der Waals surface area contributed by atoms with Crippen molar-refractivity contribution in [2.45, 2.75) is 12.8 Å². The number of nitrogens with two attached hydrogens (primary N) is 1. The number of hydrogen-bond donors (Lipinski definition) is 2. The number of thiocarbonyl (C=S) groups is 1. The maximum Gasteiger partial charge on any atom is 0.269 e. The van der Waals surface area contributed by atoms with E-state index in [4.69, 9.17) is 18.0 Å². The monoisotopic (exact) mass is 226 g/mol. The molecule has 0 aliphatic rings. The van der Waals surface area contributed by atoms with Crippen molar-refractivity contribution in [1.29, 1.82) is 0 Å². The Bertz CT molecular complexity index is 361. The van der Waals surface area contributed by atoms with Gasteiger partial charge in [-0.2, -0.15) is 5.10 Å². The molecule has 0 saturated heterocycles. The number of aryl methyl sites for hydroxylation is 1. The standard InChI is InChI=1S/C9H14N4OS/c1-13-7(4-6-12-13)9(14)11-5-2-3-8(10)15/h4,6H,2-3,5H2,1H3,(H2,10,15)(H,11,14). The van der Waals surface area contributed by atoms with E-state index in [-0.39, 0.29) is 5.91 Å². The number of carbonyl (C=O) groups is 1. The first kappa shape index (κ1) is 11.6. The van der Waals surface area contributed by atoms with Crippen LogP contribution in [0.3, 0.4) is 0 Å². The summed E-state index contributed by atoms with van der Waals surface area (Å²) in [4.78, 5) is 12.0. The third-order valence-electron chi connectivity index (χ3n) is 1.94. The molecule has 0 bridgehead atoms. The van der Waals surface area contributed by atoms with E-state index in [0.717, 1.165) is 6.42 Å². The van der Waals surface area contributed by atoms with Crippen LogP contribution < -0.4 is 11.1 Å². The van der Waals surface area contributed by atoms with Crippen molar-refractivity contribution in [2.75, 3.05) is 6.54 Å². The van der Waals surface area contributed by atoms with Gasteiger partial charge < -0.3 is 11.1 Å². The molecule has 15 heavy (non-hydrogen) atoms. The Morgan fingerprint density at radius 1 is 1.73 bits per heavy atom. The van der Waals surface area contributed by atoms with Crippen LogP contribution in [-0.2, 0) is 7.05 Å². The van der Waals surface area contributed by atoms with E-state index in [1.807, 2.05) is 0 Å². The summed E-state index contributed by atoms with van der Waals surface area (Å²) >= 11 is 4.73. The van der Waals surface area contributed by atoms with Crippen molar-refractivity contribution in [2.24, 2.45) is 12.8 Å². The quantitative estimate of drug-likeness (QED) is 0.556. The van der Waals surface area contributed by atoms with Gasteiger partial charge in [0.2, 0.25) is 0 Å². The first-order valence-corrected chi connectivity index (χ1v) is 5.06. The third kappa shape index (κ3) is 3.67. The van der Waals surface area contributed by atoms with Crippen LogP contribution in [0.4, 0.5) is 0 Å². The highest BCUT2D eigenvalue weighted by atomic mass is 32.1. The average Bonchev–Trinajstić information content (AvgIpc) is 2.58. The van der Waals surface area contributed by atoms with Gasteiger partial charge in [0.1, 0.15) is 5.69 Å². The maximum absolute atomic E-state index is 11.5. The van der Waals surface area contributed by atoms with Gasteiger partial charge in [0, 0.05) is 19.8 Å². The van der Waals surface area contributed by atoms with Crippen LogP contribution in [-0.4, -0.2) is 27.2 Å². The smallest absolute Gasteiger partial charge is 0.269 e. The molecule has 0 saturated carbocycles. The fraction of sp³-hybridized carbons (Fsp3) is 0.444. The second kappa shape index (κ2) is 5.45. The Balaban J connectivity index is 2.31. The first-order chi connectivity index (χ1) is 7.11. The summed E-state index contributed by atoms with van der Waals surface area (Å²) < 4.78 is 1.53. The van der Waals surface area contributed by atoms with Gasteiger partial charge in [-0.1, -0.05) is 12.2 Å². The number of nitrogens with one attached hydrogen (secondary N) is 1. The molecule has 0 unspecified atom stereocenters. The van der Waals surface area contributed by atoms with Gasteiger partial charge in [-0.3, -0.25) is 9.48 Å². The van der Waals surface area contributed by atoms with Crippen LogP contribution in [0.5, 0.6) is 0 Å². The average molecular weight is 226 g/mol.